The van der Waals surface area contributed by atoms with Gasteiger partial charge < -0.3 is 10.6 Å². The minimum absolute atomic E-state index is 0.150. The Kier molecular flexibility index (Phi) is 4.63. The number of hydrogen-bond acceptors (Lipinski definition) is 5. The van der Waals surface area contributed by atoms with Gasteiger partial charge in [-0.15, -0.1) is 0 Å². The molecule has 0 saturated carbocycles. The van der Waals surface area contributed by atoms with Crippen LogP contribution in [0.5, 0.6) is 0 Å². The van der Waals surface area contributed by atoms with Gasteiger partial charge in [-0.25, -0.2) is 0 Å². The molecule has 8 heteroatoms. The molecule has 0 saturated heterocycles. The molecule has 100 valence electrons. The molecule has 1 aromatic rings. The Morgan fingerprint density at radius 1 is 1.47 bits per heavy atom. The van der Waals surface area contributed by atoms with Gasteiger partial charge in [0.05, 0.1) is 4.90 Å². The van der Waals surface area contributed by atoms with Crippen molar-refractivity contribution < 1.29 is 17.8 Å². The van der Waals surface area contributed by atoms with Gasteiger partial charge in [-0.3, -0.25) is 9.35 Å². The normalized spacial score (nSPS) is 11.5. The molecule has 0 aliphatic heterocycles. The molecule has 0 aliphatic carbocycles. The third kappa shape index (κ3) is 4.09. The molecule has 0 atom stereocenters. The predicted octanol–water partition coefficient (Wildman–Crippen LogP) is 0.499. The number of carbonyl (C=O) groups excluding carboxylic acids is 1. The molecular formula is C11H11N3O4S. The number of amides is 1. The van der Waals surface area contributed by atoms with Crippen LogP contribution in [0.2, 0.25) is 0 Å². The standard InChI is InChI=1S/C11H11N3O4S/c1-13-7-8(6-12)11(15)14-9-3-2-4-10(5-9)19(16,17)18/h2-5,7,13H,1H3,(H,14,15)(H,16,17,18)/b8-7-. The van der Waals surface area contributed by atoms with E-state index < -0.39 is 16.0 Å². The van der Waals surface area contributed by atoms with Crippen molar-refractivity contribution in [2.24, 2.45) is 0 Å². The summed E-state index contributed by atoms with van der Waals surface area (Å²) in [6.07, 6.45) is 1.21. The lowest BCUT2D eigenvalue weighted by atomic mass is 10.2. The Morgan fingerprint density at radius 3 is 2.68 bits per heavy atom. The van der Waals surface area contributed by atoms with Gasteiger partial charge in [0.1, 0.15) is 11.6 Å². The van der Waals surface area contributed by atoms with Crippen molar-refractivity contribution in [3.63, 3.8) is 0 Å². The Morgan fingerprint density at radius 2 is 2.16 bits per heavy atom. The van der Waals surface area contributed by atoms with E-state index in [0.29, 0.717) is 0 Å². The van der Waals surface area contributed by atoms with Crippen LogP contribution >= 0.6 is 0 Å². The van der Waals surface area contributed by atoms with Gasteiger partial charge in [0.25, 0.3) is 16.0 Å². The quantitative estimate of drug-likeness (QED) is 0.420. The maximum absolute atomic E-state index is 11.6. The summed E-state index contributed by atoms with van der Waals surface area (Å²) in [5, 5.41) is 13.6. The van der Waals surface area contributed by atoms with Crippen molar-refractivity contribution in [2.45, 2.75) is 4.90 Å². The van der Waals surface area contributed by atoms with Gasteiger partial charge in [-0.2, -0.15) is 13.7 Å². The molecular weight excluding hydrogens is 270 g/mol. The number of nitrogens with one attached hydrogen (secondary N) is 2. The fourth-order valence-electron chi connectivity index (χ4n) is 1.23. The highest BCUT2D eigenvalue weighted by Gasteiger charge is 2.12. The monoisotopic (exact) mass is 281 g/mol. The van der Waals surface area contributed by atoms with Crippen LogP contribution in [0, 0.1) is 11.3 Å². The molecule has 7 nitrogen and oxygen atoms in total. The van der Waals surface area contributed by atoms with Gasteiger partial charge in [-0.1, -0.05) is 6.07 Å². The van der Waals surface area contributed by atoms with Gasteiger partial charge in [-0.05, 0) is 18.2 Å². The fraction of sp³-hybridized carbons (Fsp3) is 0.0909. The largest absolute Gasteiger partial charge is 0.393 e. The van der Waals surface area contributed by atoms with Crippen LogP contribution in [-0.4, -0.2) is 25.9 Å². The molecule has 1 amide bonds. The van der Waals surface area contributed by atoms with Crippen LogP contribution in [0.4, 0.5) is 5.69 Å². The Hall–Kier alpha value is -2.37. The molecule has 0 unspecified atom stereocenters. The average molecular weight is 281 g/mol. The first-order valence-corrected chi connectivity index (χ1v) is 6.49. The smallest absolute Gasteiger partial charge is 0.294 e. The number of nitriles is 1. The number of anilines is 1. The van der Waals surface area contributed by atoms with Crippen molar-refractivity contribution in [1.29, 1.82) is 5.26 Å². The summed E-state index contributed by atoms with van der Waals surface area (Å²) < 4.78 is 30.7. The first kappa shape index (κ1) is 14.7. The molecule has 3 N–H and O–H groups in total. The zero-order chi connectivity index (χ0) is 14.5. The predicted molar refractivity (Wildman–Crippen MR) is 67.6 cm³/mol. The summed E-state index contributed by atoms with van der Waals surface area (Å²) in [7, 11) is -2.81. The van der Waals surface area contributed by atoms with Gasteiger partial charge in [0.2, 0.25) is 0 Å². The molecule has 0 spiro atoms. The van der Waals surface area contributed by atoms with Crippen LogP contribution in [0.1, 0.15) is 0 Å². The SMILES string of the molecule is CN/C=C(/C#N)C(=O)Nc1cccc(S(=O)(=O)O)c1. The minimum Gasteiger partial charge on any atom is -0.393 e. The molecule has 0 fully saturated rings. The number of benzene rings is 1. The van der Waals surface area contributed by atoms with Crippen molar-refractivity contribution in [3.05, 3.63) is 36.0 Å². The van der Waals surface area contributed by atoms with Crippen LogP contribution in [0.15, 0.2) is 40.9 Å². The van der Waals surface area contributed by atoms with Gasteiger partial charge >= 0.3 is 0 Å². The van der Waals surface area contributed by atoms with Crippen molar-refractivity contribution in [1.82, 2.24) is 5.32 Å². The molecule has 19 heavy (non-hydrogen) atoms. The molecule has 0 aliphatic rings. The topological polar surface area (TPSA) is 119 Å². The second-order valence-electron chi connectivity index (χ2n) is 3.42. The van der Waals surface area contributed by atoms with E-state index in [1.165, 1.54) is 31.4 Å². The zero-order valence-electron chi connectivity index (χ0n) is 9.91. The van der Waals surface area contributed by atoms with Gasteiger partial charge in [0.15, 0.2) is 0 Å². The summed E-state index contributed by atoms with van der Waals surface area (Å²) in [5.74, 6) is -0.690. The van der Waals surface area contributed by atoms with E-state index in [9.17, 15) is 13.2 Å². The van der Waals surface area contributed by atoms with E-state index in [1.807, 2.05) is 0 Å². The van der Waals surface area contributed by atoms with E-state index in [0.717, 1.165) is 6.07 Å². The van der Waals surface area contributed by atoms with Crippen molar-refractivity contribution in [3.8, 4) is 6.07 Å². The third-order valence-electron chi connectivity index (χ3n) is 2.04. The van der Waals surface area contributed by atoms with E-state index >= 15 is 0 Å². The maximum atomic E-state index is 11.6. The Bertz CT molecular complexity index is 659. The Labute approximate surface area is 110 Å². The van der Waals surface area contributed by atoms with Crippen molar-refractivity contribution >= 4 is 21.7 Å². The zero-order valence-corrected chi connectivity index (χ0v) is 10.7. The molecule has 0 aromatic heterocycles. The number of carbonyl (C=O) groups is 1. The highest BCUT2D eigenvalue weighted by molar-refractivity contribution is 7.85. The maximum Gasteiger partial charge on any atom is 0.294 e. The summed E-state index contributed by atoms with van der Waals surface area (Å²) >= 11 is 0. The summed E-state index contributed by atoms with van der Waals surface area (Å²) in [6, 6.07) is 6.74. The Balaban J connectivity index is 2.99. The van der Waals surface area contributed by atoms with E-state index in [4.69, 9.17) is 9.81 Å². The van der Waals surface area contributed by atoms with Crippen LogP contribution < -0.4 is 10.6 Å². The lowest BCUT2D eigenvalue weighted by molar-refractivity contribution is -0.112. The van der Waals surface area contributed by atoms with E-state index in [-0.39, 0.29) is 16.2 Å². The highest BCUT2D eigenvalue weighted by Crippen LogP contribution is 2.15. The lowest BCUT2D eigenvalue weighted by Crippen LogP contribution is -2.15. The molecule has 1 aromatic carbocycles. The minimum atomic E-state index is -4.34. The number of hydrogen-bond donors (Lipinski definition) is 3. The van der Waals surface area contributed by atoms with Crippen LogP contribution in [0.3, 0.4) is 0 Å². The highest BCUT2D eigenvalue weighted by atomic mass is 32.2. The molecule has 0 heterocycles. The summed E-state index contributed by atoms with van der Waals surface area (Å²) in [5.41, 5.74) is -0.0165. The third-order valence-corrected chi connectivity index (χ3v) is 2.89. The van der Waals surface area contributed by atoms with E-state index in [1.54, 1.807) is 6.07 Å². The molecule has 0 radical (unpaired) electrons. The first-order valence-electron chi connectivity index (χ1n) is 5.05. The van der Waals surface area contributed by atoms with Gasteiger partial charge in [0, 0.05) is 18.9 Å². The van der Waals surface area contributed by atoms with Crippen molar-refractivity contribution in [2.75, 3.05) is 12.4 Å². The van der Waals surface area contributed by atoms with E-state index in [2.05, 4.69) is 10.6 Å². The number of nitrogens with zero attached hydrogens (tertiary/aromatic N) is 1. The summed E-state index contributed by atoms with van der Waals surface area (Å²) in [4.78, 5) is 11.3. The molecule has 1 rings (SSSR count). The average Bonchev–Trinajstić information content (AvgIpc) is 2.35. The second kappa shape index (κ2) is 5.99. The lowest BCUT2D eigenvalue weighted by Gasteiger charge is -2.05. The van der Waals surface area contributed by atoms with Crippen LogP contribution in [-0.2, 0) is 14.9 Å². The molecule has 0 bridgehead atoms. The summed E-state index contributed by atoms with van der Waals surface area (Å²) in [6.45, 7) is 0. The van der Waals surface area contributed by atoms with Crippen LogP contribution in [0.25, 0.3) is 0 Å². The number of rotatable bonds is 4. The fourth-order valence-corrected chi connectivity index (χ4v) is 1.75. The first-order chi connectivity index (χ1) is 8.88. The second-order valence-corrected chi connectivity index (χ2v) is 4.84.